The summed E-state index contributed by atoms with van der Waals surface area (Å²) in [6, 6.07) is 5.71. The van der Waals surface area contributed by atoms with Gasteiger partial charge >= 0.3 is 0 Å². The molecule has 0 N–H and O–H groups in total. The fourth-order valence-corrected chi connectivity index (χ4v) is 3.66. The molecule has 136 valence electrons. The summed E-state index contributed by atoms with van der Waals surface area (Å²) < 4.78 is 0. The molecule has 0 spiro atoms. The number of rotatable bonds is 5. The van der Waals surface area contributed by atoms with Gasteiger partial charge in [-0.05, 0) is 38.3 Å². The van der Waals surface area contributed by atoms with Crippen LogP contribution in [0.4, 0.5) is 0 Å². The molecule has 1 atom stereocenters. The van der Waals surface area contributed by atoms with E-state index in [-0.39, 0.29) is 17.9 Å². The number of likely N-dealkylation sites (tertiary alicyclic amines) is 1. The molecule has 1 aromatic heterocycles. The number of carbonyl (C=O) groups excluding carboxylic acids is 2. The van der Waals surface area contributed by atoms with Crippen LogP contribution in [-0.2, 0) is 16.0 Å². The molecular weight excluding hydrogens is 316 g/mol. The van der Waals surface area contributed by atoms with E-state index in [1.807, 2.05) is 34.9 Å². The van der Waals surface area contributed by atoms with Crippen LogP contribution >= 0.6 is 0 Å². The molecule has 3 rings (SSSR count). The molecule has 1 aromatic rings. The van der Waals surface area contributed by atoms with Crippen molar-refractivity contribution in [2.24, 2.45) is 0 Å². The van der Waals surface area contributed by atoms with E-state index in [4.69, 9.17) is 0 Å². The van der Waals surface area contributed by atoms with Crippen LogP contribution in [-0.4, -0.2) is 76.8 Å². The van der Waals surface area contributed by atoms with Crippen LogP contribution in [0, 0.1) is 0 Å². The molecule has 3 heterocycles. The molecule has 2 amide bonds. The Balaban J connectivity index is 1.43. The first-order valence-electron chi connectivity index (χ1n) is 9.35. The van der Waals surface area contributed by atoms with Crippen LogP contribution in [0.2, 0.25) is 0 Å². The number of aryl methyl sites for hydroxylation is 1. The molecule has 0 unspecified atom stereocenters. The summed E-state index contributed by atoms with van der Waals surface area (Å²) in [7, 11) is 0. The number of amides is 2. The van der Waals surface area contributed by atoms with Gasteiger partial charge in [-0.1, -0.05) is 6.07 Å². The van der Waals surface area contributed by atoms with E-state index in [0.29, 0.717) is 25.9 Å². The van der Waals surface area contributed by atoms with E-state index in [2.05, 4.69) is 9.88 Å². The van der Waals surface area contributed by atoms with Gasteiger partial charge in [-0.3, -0.25) is 19.5 Å². The largest absolute Gasteiger partial charge is 0.341 e. The van der Waals surface area contributed by atoms with Crippen molar-refractivity contribution < 1.29 is 9.59 Å². The minimum Gasteiger partial charge on any atom is -0.341 e. The van der Waals surface area contributed by atoms with Gasteiger partial charge in [-0.2, -0.15) is 0 Å². The average Bonchev–Trinajstić information content (AvgIpc) is 3.20. The molecule has 25 heavy (non-hydrogen) atoms. The van der Waals surface area contributed by atoms with Crippen LogP contribution in [0.1, 0.15) is 31.9 Å². The van der Waals surface area contributed by atoms with Gasteiger partial charge in [0.25, 0.3) is 0 Å². The summed E-state index contributed by atoms with van der Waals surface area (Å²) in [4.78, 5) is 35.3. The molecular formula is C19H28N4O2. The van der Waals surface area contributed by atoms with E-state index in [1.165, 1.54) is 0 Å². The van der Waals surface area contributed by atoms with Gasteiger partial charge in [0, 0.05) is 57.6 Å². The highest BCUT2D eigenvalue weighted by molar-refractivity contribution is 5.82. The van der Waals surface area contributed by atoms with Gasteiger partial charge < -0.3 is 9.80 Å². The standard InChI is InChI=1S/C19H28N4O2/c1-16(19(25)23-10-4-5-11-23)21-12-14-22(15-13-21)18(24)8-7-17-6-2-3-9-20-17/h2-3,6,9,16H,4-5,7-8,10-15H2,1H3/t16-/m0/s1. The first-order chi connectivity index (χ1) is 12.1. The molecule has 2 aliphatic rings. The highest BCUT2D eigenvalue weighted by Crippen LogP contribution is 2.14. The molecule has 0 bridgehead atoms. The van der Waals surface area contributed by atoms with Crippen molar-refractivity contribution in [3.8, 4) is 0 Å². The molecule has 2 aliphatic heterocycles. The normalized spacial score (nSPS) is 19.9. The number of hydrogen-bond acceptors (Lipinski definition) is 4. The predicted octanol–water partition coefficient (Wildman–Crippen LogP) is 1.17. The lowest BCUT2D eigenvalue weighted by molar-refractivity contribution is -0.138. The predicted molar refractivity (Wildman–Crippen MR) is 96.0 cm³/mol. The Morgan fingerprint density at radius 3 is 2.40 bits per heavy atom. The van der Waals surface area contributed by atoms with Crippen LogP contribution in [0.25, 0.3) is 0 Å². The van der Waals surface area contributed by atoms with Crippen molar-refractivity contribution >= 4 is 11.8 Å². The summed E-state index contributed by atoms with van der Waals surface area (Å²) in [5.74, 6) is 0.427. The van der Waals surface area contributed by atoms with E-state index >= 15 is 0 Å². The highest BCUT2D eigenvalue weighted by Gasteiger charge is 2.30. The Morgan fingerprint density at radius 1 is 1.04 bits per heavy atom. The number of hydrogen-bond donors (Lipinski definition) is 0. The topological polar surface area (TPSA) is 56.8 Å². The second-order valence-electron chi connectivity index (χ2n) is 6.95. The maximum atomic E-state index is 12.5. The Labute approximate surface area is 149 Å². The minimum absolute atomic E-state index is 0.0797. The highest BCUT2D eigenvalue weighted by atomic mass is 16.2. The fraction of sp³-hybridized carbons (Fsp3) is 0.632. The molecule has 6 heteroatoms. The van der Waals surface area contributed by atoms with Crippen LogP contribution in [0.3, 0.4) is 0 Å². The number of carbonyl (C=O) groups is 2. The van der Waals surface area contributed by atoms with E-state index in [0.717, 1.165) is 44.7 Å². The third-order valence-electron chi connectivity index (χ3n) is 5.31. The lowest BCUT2D eigenvalue weighted by atomic mass is 10.1. The maximum Gasteiger partial charge on any atom is 0.239 e. The second kappa shape index (κ2) is 8.43. The SMILES string of the molecule is C[C@@H](C(=O)N1CCCC1)N1CCN(C(=O)CCc2ccccn2)CC1. The van der Waals surface area contributed by atoms with E-state index in [9.17, 15) is 9.59 Å². The van der Waals surface area contributed by atoms with Crippen molar-refractivity contribution in [2.45, 2.75) is 38.6 Å². The van der Waals surface area contributed by atoms with Crippen LogP contribution < -0.4 is 0 Å². The van der Waals surface area contributed by atoms with Crippen LogP contribution in [0.5, 0.6) is 0 Å². The quantitative estimate of drug-likeness (QED) is 0.805. The Bertz CT molecular complexity index is 578. The van der Waals surface area contributed by atoms with Gasteiger partial charge in [0.1, 0.15) is 0 Å². The third kappa shape index (κ3) is 4.57. The van der Waals surface area contributed by atoms with E-state index < -0.39 is 0 Å². The summed E-state index contributed by atoms with van der Waals surface area (Å²) >= 11 is 0. The van der Waals surface area contributed by atoms with Gasteiger partial charge in [0.15, 0.2) is 0 Å². The molecule has 2 saturated heterocycles. The first kappa shape index (κ1) is 17.9. The second-order valence-corrected chi connectivity index (χ2v) is 6.95. The summed E-state index contributed by atoms with van der Waals surface area (Å²) in [5, 5.41) is 0. The number of nitrogens with zero attached hydrogens (tertiary/aromatic N) is 4. The van der Waals surface area contributed by atoms with Crippen molar-refractivity contribution in [2.75, 3.05) is 39.3 Å². The summed E-state index contributed by atoms with van der Waals surface area (Å²) in [5.41, 5.74) is 0.958. The number of piperazine rings is 1. The molecule has 6 nitrogen and oxygen atoms in total. The Morgan fingerprint density at radius 2 is 1.76 bits per heavy atom. The number of pyridine rings is 1. The molecule has 0 aliphatic carbocycles. The Kier molecular flexibility index (Phi) is 6.02. The van der Waals surface area contributed by atoms with Crippen molar-refractivity contribution in [1.29, 1.82) is 0 Å². The number of aromatic nitrogens is 1. The van der Waals surface area contributed by atoms with Gasteiger partial charge in [-0.25, -0.2) is 0 Å². The van der Waals surface area contributed by atoms with Crippen molar-refractivity contribution in [1.82, 2.24) is 19.7 Å². The zero-order valence-corrected chi connectivity index (χ0v) is 15.1. The summed E-state index contributed by atoms with van der Waals surface area (Å²) in [6.45, 7) is 6.76. The molecule has 0 aromatic carbocycles. The average molecular weight is 344 g/mol. The first-order valence-corrected chi connectivity index (χ1v) is 9.35. The molecule has 0 saturated carbocycles. The zero-order chi connectivity index (χ0) is 17.6. The Hall–Kier alpha value is -1.95. The summed E-state index contributed by atoms with van der Waals surface area (Å²) in [6.07, 6.45) is 5.19. The maximum absolute atomic E-state index is 12.5. The fourth-order valence-electron chi connectivity index (χ4n) is 3.66. The van der Waals surface area contributed by atoms with Gasteiger partial charge in [0.2, 0.25) is 11.8 Å². The smallest absolute Gasteiger partial charge is 0.239 e. The van der Waals surface area contributed by atoms with Crippen molar-refractivity contribution in [3.05, 3.63) is 30.1 Å². The lowest BCUT2D eigenvalue weighted by Gasteiger charge is -2.38. The molecule has 2 fully saturated rings. The monoisotopic (exact) mass is 344 g/mol. The third-order valence-corrected chi connectivity index (χ3v) is 5.31. The zero-order valence-electron chi connectivity index (χ0n) is 15.1. The van der Waals surface area contributed by atoms with Crippen molar-refractivity contribution in [3.63, 3.8) is 0 Å². The van der Waals surface area contributed by atoms with Crippen LogP contribution in [0.15, 0.2) is 24.4 Å². The van der Waals surface area contributed by atoms with Gasteiger partial charge in [-0.15, -0.1) is 0 Å². The minimum atomic E-state index is -0.0797. The van der Waals surface area contributed by atoms with Gasteiger partial charge in [0.05, 0.1) is 6.04 Å². The molecule has 0 radical (unpaired) electrons. The van der Waals surface area contributed by atoms with E-state index in [1.54, 1.807) is 6.20 Å². The lowest BCUT2D eigenvalue weighted by Crippen LogP contribution is -2.55.